The first-order valence-electron chi connectivity index (χ1n) is 8.40. The highest BCUT2D eigenvalue weighted by Crippen LogP contribution is 2.28. The van der Waals surface area contributed by atoms with E-state index >= 15 is 0 Å². The zero-order chi connectivity index (χ0) is 18.3. The number of aryl methyl sites for hydroxylation is 2. The minimum absolute atomic E-state index is 0.135. The molecule has 0 N–H and O–H groups in total. The Balaban J connectivity index is 1.71. The molecule has 4 rings (SSSR count). The Morgan fingerprint density at radius 3 is 2.85 bits per heavy atom. The van der Waals surface area contributed by atoms with E-state index in [9.17, 15) is 9.18 Å². The second-order valence-corrected chi connectivity index (χ2v) is 6.46. The van der Waals surface area contributed by atoms with Crippen LogP contribution in [0.4, 0.5) is 4.39 Å². The van der Waals surface area contributed by atoms with Crippen LogP contribution >= 0.6 is 0 Å². The minimum Gasteiger partial charge on any atom is -0.334 e. The van der Waals surface area contributed by atoms with Gasteiger partial charge >= 0.3 is 0 Å². The van der Waals surface area contributed by atoms with E-state index in [0.717, 1.165) is 22.5 Å². The van der Waals surface area contributed by atoms with E-state index in [1.165, 1.54) is 6.07 Å². The van der Waals surface area contributed by atoms with Crippen molar-refractivity contribution < 1.29 is 9.18 Å². The van der Waals surface area contributed by atoms with Gasteiger partial charge in [-0.05, 0) is 18.6 Å². The van der Waals surface area contributed by atoms with Gasteiger partial charge in [0.1, 0.15) is 12.1 Å². The second kappa shape index (κ2) is 6.33. The molecular weight excluding hydrogens is 333 g/mol. The van der Waals surface area contributed by atoms with Crippen molar-refractivity contribution in [1.82, 2.24) is 24.6 Å². The second-order valence-electron chi connectivity index (χ2n) is 6.46. The predicted molar refractivity (Wildman–Crippen MR) is 93.8 cm³/mol. The Kier molecular flexibility index (Phi) is 3.99. The average Bonchev–Trinajstić information content (AvgIpc) is 3.06. The van der Waals surface area contributed by atoms with Crippen molar-refractivity contribution in [1.29, 1.82) is 0 Å². The average molecular weight is 351 g/mol. The Labute approximate surface area is 150 Å². The molecule has 132 valence electrons. The molecule has 26 heavy (non-hydrogen) atoms. The molecular formula is C19H18FN5O. The Bertz CT molecular complexity index is 977. The summed E-state index contributed by atoms with van der Waals surface area (Å²) in [5.74, 6) is -0.787. The lowest BCUT2D eigenvalue weighted by molar-refractivity contribution is 0.0728. The summed E-state index contributed by atoms with van der Waals surface area (Å²) in [4.78, 5) is 23.4. The van der Waals surface area contributed by atoms with E-state index in [4.69, 9.17) is 0 Å². The summed E-state index contributed by atoms with van der Waals surface area (Å²) in [5.41, 5.74) is 4.24. The molecule has 0 bridgehead atoms. The van der Waals surface area contributed by atoms with Crippen molar-refractivity contribution in [2.45, 2.75) is 19.9 Å². The van der Waals surface area contributed by atoms with Crippen molar-refractivity contribution in [3.05, 3.63) is 65.1 Å². The fourth-order valence-electron chi connectivity index (χ4n) is 3.37. The van der Waals surface area contributed by atoms with E-state index in [1.54, 1.807) is 41.2 Å². The highest BCUT2D eigenvalue weighted by atomic mass is 19.1. The van der Waals surface area contributed by atoms with Crippen LogP contribution in [0.5, 0.6) is 0 Å². The molecule has 0 unspecified atom stereocenters. The molecule has 0 atom stereocenters. The predicted octanol–water partition coefficient (Wildman–Crippen LogP) is 2.52. The normalized spacial score (nSPS) is 13.6. The molecule has 0 saturated carbocycles. The molecule has 6 nitrogen and oxygen atoms in total. The fraction of sp³-hybridized carbons (Fsp3) is 0.263. The molecule has 0 saturated heterocycles. The zero-order valence-corrected chi connectivity index (χ0v) is 14.6. The molecule has 1 aliphatic rings. The number of rotatable bonds is 2. The van der Waals surface area contributed by atoms with Gasteiger partial charge in [0.15, 0.2) is 0 Å². The van der Waals surface area contributed by atoms with Crippen LogP contribution in [-0.4, -0.2) is 37.1 Å². The van der Waals surface area contributed by atoms with Gasteiger partial charge in [0.05, 0.1) is 23.1 Å². The number of amides is 1. The van der Waals surface area contributed by atoms with E-state index < -0.39 is 5.82 Å². The summed E-state index contributed by atoms with van der Waals surface area (Å²) < 4.78 is 15.9. The first kappa shape index (κ1) is 16.4. The monoisotopic (exact) mass is 351 g/mol. The lowest BCUT2D eigenvalue weighted by Gasteiger charge is -2.29. The molecule has 3 aromatic rings. The van der Waals surface area contributed by atoms with Crippen LogP contribution in [0.15, 0.2) is 36.9 Å². The summed E-state index contributed by atoms with van der Waals surface area (Å²) in [5, 5.41) is 4.19. The van der Waals surface area contributed by atoms with Gasteiger partial charge in [-0.15, -0.1) is 0 Å². The summed E-state index contributed by atoms with van der Waals surface area (Å²) >= 11 is 0. The fourth-order valence-corrected chi connectivity index (χ4v) is 3.37. The van der Waals surface area contributed by atoms with Gasteiger partial charge in [-0.3, -0.25) is 9.48 Å². The van der Waals surface area contributed by atoms with Crippen LogP contribution < -0.4 is 0 Å². The number of fused-ring (bicyclic) bond motifs is 1. The third kappa shape index (κ3) is 2.75. The Morgan fingerprint density at radius 1 is 1.27 bits per heavy atom. The SMILES string of the molecule is Cc1cccc(F)c1C(=O)N1CCc2ncnc(-c3cnn(C)c3)c2C1. The van der Waals surface area contributed by atoms with E-state index in [1.807, 2.05) is 13.2 Å². The van der Waals surface area contributed by atoms with Gasteiger partial charge in [-0.1, -0.05) is 12.1 Å². The van der Waals surface area contributed by atoms with Crippen molar-refractivity contribution >= 4 is 5.91 Å². The first-order valence-corrected chi connectivity index (χ1v) is 8.40. The number of benzene rings is 1. The van der Waals surface area contributed by atoms with Crippen LogP contribution in [0, 0.1) is 12.7 Å². The van der Waals surface area contributed by atoms with Crippen LogP contribution in [0.3, 0.4) is 0 Å². The number of aromatic nitrogens is 4. The Hall–Kier alpha value is -3.09. The number of nitrogens with zero attached hydrogens (tertiary/aromatic N) is 5. The number of halogens is 1. The molecule has 0 radical (unpaired) electrons. The maximum Gasteiger partial charge on any atom is 0.257 e. The van der Waals surface area contributed by atoms with Gasteiger partial charge in [0.2, 0.25) is 0 Å². The number of hydrogen-bond acceptors (Lipinski definition) is 4. The quantitative estimate of drug-likeness (QED) is 0.712. The van der Waals surface area contributed by atoms with Gasteiger partial charge in [-0.25, -0.2) is 14.4 Å². The van der Waals surface area contributed by atoms with Crippen LogP contribution in [0.25, 0.3) is 11.3 Å². The highest BCUT2D eigenvalue weighted by Gasteiger charge is 2.28. The van der Waals surface area contributed by atoms with Gasteiger partial charge in [0, 0.05) is 43.9 Å². The molecule has 1 amide bonds. The van der Waals surface area contributed by atoms with Crippen LogP contribution in [0.2, 0.25) is 0 Å². The number of carbonyl (C=O) groups excluding carboxylic acids is 1. The minimum atomic E-state index is -0.488. The largest absolute Gasteiger partial charge is 0.334 e. The zero-order valence-electron chi connectivity index (χ0n) is 14.6. The van der Waals surface area contributed by atoms with Crippen LogP contribution in [0.1, 0.15) is 27.2 Å². The van der Waals surface area contributed by atoms with Crippen molar-refractivity contribution in [2.75, 3.05) is 6.54 Å². The molecule has 0 aliphatic carbocycles. The molecule has 7 heteroatoms. The lowest BCUT2D eigenvalue weighted by Crippen LogP contribution is -2.37. The first-order chi connectivity index (χ1) is 12.5. The number of hydrogen-bond donors (Lipinski definition) is 0. The van der Waals surface area contributed by atoms with E-state index in [2.05, 4.69) is 15.1 Å². The van der Waals surface area contributed by atoms with Crippen molar-refractivity contribution in [3.63, 3.8) is 0 Å². The molecule has 0 spiro atoms. The maximum absolute atomic E-state index is 14.2. The van der Waals surface area contributed by atoms with Gasteiger partial charge in [-0.2, -0.15) is 5.10 Å². The summed E-state index contributed by atoms with van der Waals surface area (Å²) in [6, 6.07) is 4.68. The lowest BCUT2D eigenvalue weighted by atomic mass is 9.99. The summed E-state index contributed by atoms with van der Waals surface area (Å²) in [6.07, 6.45) is 5.78. The number of carbonyl (C=O) groups is 1. The standard InChI is InChI=1S/C19H18FN5O/c1-12-4-3-5-15(20)17(12)19(26)25-7-6-16-14(10-25)18(22-11-21-16)13-8-23-24(2)9-13/h3-5,8-9,11H,6-7,10H2,1-2H3. The van der Waals surface area contributed by atoms with Crippen molar-refractivity contribution in [3.8, 4) is 11.3 Å². The molecule has 1 aromatic carbocycles. The molecule has 1 aliphatic heterocycles. The van der Waals surface area contributed by atoms with Crippen LogP contribution in [-0.2, 0) is 20.0 Å². The summed E-state index contributed by atoms with van der Waals surface area (Å²) in [7, 11) is 1.84. The smallest absolute Gasteiger partial charge is 0.257 e. The topological polar surface area (TPSA) is 63.9 Å². The van der Waals surface area contributed by atoms with E-state index in [-0.39, 0.29) is 11.5 Å². The van der Waals surface area contributed by atoms with Crippen molar-refractivity contribution in [2.24, 2.45) is 7.05 Å². The summed E-state index contributed by atoms with van der Waals surface area (Å²) in [6.45, 7) is 2.61. The highest BCUT2D eigenvalue weighted by molar-refractivity contribution is 5.96. The molecule has 3 heterocycles. The molecule has 2 aromatic heterocycles. The van der Waals surface area contributed by atoms with Gasteiger partial charge < -0.3 is 4.90 Å². The Morgan fingerprint density at radius 2 is 2.12 bits per heavy atom. The third-order valence-corrected chi connectivity index (χ3v) is 4.70. The van der Waals surface area contributed by atoms with E-state index in [0.29, 0.717) is 25.1 Å². The maximum atomic E-state index is 14.2. The molecule has 0 fully saturated rings. The third-order valence-electron chi connectivity index (χ3n) is 4.70. The van der Waals surface area contributed by atoms with Gasteiger partial charge in [0.25, 0.3) is 5.91 Å².